The molecule has 3 saturated carbocycles. The summed E-state index contributed by atoms with van der Waals surface area (Å²) >= 11 is 0. The van der Waals surface area contributed by atoms with Gasteiger partial charge in [0.05, 0.1) is 0 Å². The Labute approximate surface area is 298 Å². The van der Waals surface area contributed by atoms with Gasteiger partial charge in [0.1, 0.15) is 6.10 Å². The van der Waals surface area contributed by atoms with E-state index in [4.69, 9.17) is 4.74 Å². The summed E-state index contributed by atoms with van der Waals surface area (Å²) in [7, 11) is 0. The number of hydrogen-bond donors (Lipinski definition) is 0. The Morgan fingerprint density at radius 3 is 2.23 bits per heavy atom. The van der Waals surface area contributed by atoms with Gasteiger partial charge >= 0.3 is 5.97 Å². The van der Waals surface area contributed by atoms with Crippen molar-refractivity contribution in [2.75, 3.05) is 0 Å². The van der Waals surface area contributed by atoms with Crippen molar-refractivity contribution >= 4 is 5.97 Å². The molecule has 0 saturated heterocycles. The molecule has 274 valence electrons. The van der Waals surface area contributed by atoms with Gasteiger partial charge in [-0.25, -0.2) is 0 Å². The number of esters is 1. The van der Waals surface area contributed by atoms with Crippen LogP contribution in [0.5, 0.6) is 0 Å². The molecule has 0 N–H and O–H groups in total. The maximum atomic E-state index is 12.9. The van der Waals surface area contributed by atoms with E-state index in [0.717, 1.165) is 61.7 Å². The summed E-state index contributed by atoms with van der Waals surface area (Å²) in [5.41, 5.74) is 2.85. The zero-order valence-electron chi connectivity index (χ0n) is 32.9. The topological polar surface area (TPSA) is 26.3 Å². The predicted molar refractivity (Wildman–Crippen MR) is 207 cm³/mol. The van der Waals surface area contributed by atoms with Crippen molar-refractivity contribution in [3.8, 4) is 0 Å². The summed E-state index contributed by atoms with van der Waals surface area (Å²) in [6.45, 7) is 17.6. The highest BCUT2D eigenvalue weighted by atomic mass is 16.5. The van der Waals surface area contributed by atoms with Crippen molar-refractivity contribution in [2.45, 2.75) is 202 Å². The first kappa shape index (κ1) is 39.5. The Balaban J connectivity index is 1.16. The average Bonchev–Trinajstić information content (AvgIpc) is 3.41. The van der Waals surface area contributed by atoms with Gasteiger partial charge in [0, 0.05) is 12.8 Å². The van der Waals surface area contributed by atoms with Crippen LogP contribution in [0, 0.1) is 45.8 Å². The van der Waals surface area contributed by atoms with Crippen molar-refractivity contribution < 1.29 is 9.53 Å². The summed E-state index contributed by atoms with van der Waals surface area (Å²) < 4.78 is 6.14. The van der Waals surface area contributed by atoms with Crippen molar-refractivity contribution in [2.24, 2.45) is 45.8 Å². The third-order valence-electron chi connectivity index (χ3n) is 14.5. The Morgan fingerprint density at radius 2 is 1.50 bits per heavy atom. The Kier molecular flexibility index (Phi) is 15.5. The molecule has 0 bridgehead atoms. The molecular formula is C46H78O2. The molecule has 4 aliphatic carbocycles. The summed E-state index contributed by atoms with van der Waals surface area (Å²) in [4.78, 5) is 12.9. The Morgan fingerprint density at radius 1 is 0.792 bits per heavy atom. The molecule has 0 radical (unpaired) electrons. The SMILES string of the molecule is CCCCC/C=C\C/C=C\CCCCCCCC(=O)O[C@H]1CC[C@@]2(C)C(=CC[C@@]3(C)[C@@H]4CC[C@H]([C@H](C)CCCC(C)C)[C@@]4(C)CC[C@@H]32)C1. The lowest BCUT2D eigenvalue weighted by Gasteiger charge is -2.63. The lowest BCUT2D eigenvalue weighted by atomic mass is 9.41. The number of rotatable bonds is 20. The zero-order chi connectivity index (χ0) is 34.6. The van der Waals surface area contributed by atoms with Gasteiger partial charge in [0.25, 0.3) is 0 Å². The van der Waals surface area contributed by atoms with Crippen LogP contribution in [-0.4, -0.2) is 12.1 Å². The number of fused-ring (bicyclic) bond motifs is 5. The van der Waals surface area contributed by atoms with Gasteiger partial charge in [-0.15, -0.1) is 0 Å². The number of carbonyl (C=O) groups is 1. The highest BCUT2D eigenvalue weighted by molar-refractivity contribution is 5.69. The highest BCUT2D eigenvalue weighted by Crippen LogP contribution is 2.72. The minimum atomic E-state index is 0.0449. The van der Waals surface area contributed by atoms with Gasteiger partial charge in [-0.1, -0.05) is 136 Å². The minimum absolute atomic E-state index is 0.0449. The van der Waals surface area contributed by atoms with E-state index in [0.29, 0.717) is 22.7 Å². The van der Waals surface area contributed by atoms with Gasteiger partial charge < -0.3 is 4.74 Å². The van der Waals surface area contributed by atoms with E-state index in [1.807, 2.05) is 0 Å². The smallest absolute Gasteiger partial charge is 0.306 e. The van der Waals surface area contributed by atoms with Crippen LogP contribution in [0.3, 0.4) is 0 Å². The average molecular weight is 663 g/mol. The Hall–Kier alpha value is -1.31. The summed E-state index contributed by atoms with van der Waals surface area (Å²) in [6, 6.07) is 0. The van der Waals surface area contributed by atoms with Gasteiger partial charge in [0.15, 0.2) is 0 Å². The van der Waals surface area contributed by atoms with E-state index in [-0.39, 0.29) is 12.1 Å². The third-order valence-corrected chi connectivity index (χ3v) is 14.5. The van der Waals surface area contributed by atoms with Crippen LogP contribution in [0.4, 0.5) is 0 Å². The normalized spacial score (nSPS) is 33.9. The van der Waals surface area contributed by atoms with Gasteiger partial charge in [-0.2, -0.15) is 0 Å². The fourth-order valence-electron chi connectivity index (χ4n) is 11.7. The molecule has 4 rings (SSSR count). The molecule has 48 heavy (non-hydrogen) atoms. The molecule has 0 spiro atoms. The molecule has 0 amide bonds. The number of carbonyl (C=O) groups excluding carboxylic acids is 1. The van der Waals surface area contributed by atoms with Crippen molar-refractivity contribution in [3.63, 3.8) is 0 Å². The van der Waals surface area contributed by atoms with Crippen LogP contribution >= 0.6 is 0 Å². The second-order valence-electron chi connectivity index (χ2n) is 18.3. The minimum Gasteiger partial charge on any atom is -0.462 e. The maximum absolute atomic E-state index is 12.9. The van der Waals surface area contributed by atoms with E-state index in [2.05, 4.69) is 78.8 Å². The van der Waals surface area contributed by atoms with Crippen molar-refractivity contribution in [1.29, 1.82) is 0 Å². The molecule has 0 aliphatic heterocycles. The van der Waals surface area contributed by atoms with E-state index < -0.39 is 0 Å². The summed E-state index contributed by atoms with van der Waals surface area (Å²) in [5.74, 6) is 4.28. The van der Waals surface area contributed by atoms with E-state index in [1.54, 1.807) is 5.57 Å². The Bertz CT molecular complexity index is 1070. The van der Waals surface area contributed by atoms with Crippen LogP contribution in [0.1, 0.15) is 196 Å². The maximum Gasteiger partial charge on any atom is 0.306 e. The molecule has 0 aromatic rings. The number of ether oxygens (including phenoxy) is 1. The number of unbranched alkanes of at least 4 members (excludes halogenated alkanes) is 8. The molecule has 0 heterocycles. The quantitative estimate of drug-likeness (QED) is 0.0736. The first-order valence-corrected chi connectivity index (χ1v) is 21.2. The van der Waals surface area contributed by atoms with Crippen LogP contribution < -0.4 is 0 Å². The molecule has 4 aliphatic rings. The van der Waals surface area contributed by atoms with Gasteiger partial charge in [-0.3, -0.25) is 4.79 Å². The van der Waals surface area contributed by atoms with Crippen LogP contribution in [0.2, 0.25) is 0 Å². The highest BCUT2D eigenvalue weighted by Gasteiger charge is 2.64. The molecular weight excluding hydrogens is 585 g/mol. The molecule has 0 aromatic carbocycles. The standard InChI is InChI=1S/C46H78O2/c1-8-9-10-11-12-13-14-15-16-17-18-19-20-21-22-26-43(47)48-39-30-33-44(5)38(35-39)29-32-46(7)41-28-27-40(37(4)25-23-24-36(2)3)45(41,6)34-31-42(44)46/h12-13,15-16,29,36-37,39-42H,8-11,14,17-28,30-35H2,1-7H3/b13-12-,16-15-/t37-,39+,40-,41-,42-,44+,45-,46+/m1/s1. The number of allylic oxidation sites excluding steroid dienone is 5. The lowest BCUT2D eigenvalue weighted by Crippen LogP contribution is -2.56. The molecule has 2 heteroatoms. The summed E-state index contributed by atoms with van der Waals surface area (Å²) in [6.07, 6.45) is 40.3. The number of hydrogen-bond acceptors (Lipinski definition) is 2. The monoisotopic (exact) mass is 663 g/mol. The first-order valence-electron chi connectivity index (χ1n) is 21.2. The summed E-state index contributed by atoms with van der Waals surface area (Å²) in [5, 5.41) is 0. The van der Waals surface area contributed by atoms with E-state index in [1.165, 1.54) is 109 Å². The van der Waals surface area contributed by atoms with Crippen LogP contribution in [0.15, 0.2) is 36.0 Å². The first-order chi connectivity index (χ1) is 23.0. The van der Waals surface area contributed by atoms with Crippen molar-refractivity contribution in [3.05, 3.63) is 36.0 Å². The molecule has 0 aromatic heterocycles. The zero-order valence-corrected chi connectivity index (χ0v) is 32.9. The molecule has 2 nitrogen and oxygen atoms in total. The van der Waals surface area contributed by atoms with Crippen LogP contribution in [-0.2, 0) is 9.53 Å². The second-order valence-corrected chi connectivity index (χ2v) is 18.3. The third kappa shape index (κ3) is 9.93. The van der Waals surface area contributed by atoms with Gasteiger partial charge in [-0.05, 0) is 129 Å². The fourth-order valence-corrected chi connectivity index (χ4v) is 11.7. The second kappa shape index (κ2) is 18.8. The fraction of sp³-hybridized carbons (Fsp3) is 0.848. The lowest BCUT2D eigenvalue weighted by molar-refractivity contribution is -0.153. The predicted octanol–water partition coefficient (Wildman–Crippen LogP) is 14.1. The molecule has 8 atom stereocenters. The van der Waals surface area contributed by atoms with Crippen molar-refractivity contribution in [1.82, 2.24) is 0 Å². The molecule has 3 fully saturated rings. The largest absolute Gasteiger partial charge is 0.462 e. The van der Waals surface area contributed by atoms with E-state index in [9.17, 15) is 4.79 Å². The van der Waals surface area contributed by atoms with Crippen LogP contribution in [0.25, 0.3) is 0 Å². The van der Waals surface area contributed by atoms with Gasteiger partial charge in [0.2, 0.25) is 0 Å². The molecule has 0 unspecified atom stereocenters. The van der Waals surface area contributed by atoms with E-state index >= 15 is 0 Å².